The number of ketones is 1. The molecule has 3 rings (SSSR count). The third-order valence-corrected chi connectivity index (χ3v) is 5.14. The molecule has 1 unspecified atom stereocenters. The number of Topliss-reactive ketones (excluding diaryl/α,β-unsaturated/α-hetero) is 1. The number of nitrogens with one attached hydrogen (secondary N) is 1. The summed E-state index contributed by atoms with van der Waals surface area (Å²) < 4.78 is 39.4. The minimum atomic E-state index is -4.36. The van der Waals surface area contributed by atoms with E-state index in [1.54, 1.807) is 30.3 Å². The zero-order chi connectivity index (χ0) is 19.6. The van der Waals surface area contributed by atoms with Crippen LogP contribution in [-0.2, 0) is 13.2 Å². The minimum absolute atomic E-state index is 0.00116. The van der Waals surface area contributed by atoms with E-state index >= 15 is 0 Å². The van der Waals surface area contributed by atoms with Crippen molar-refractivity contribution in [2.45, 2.75) is 25.4 Å². The third-order valence-electron chi connectivity index (χ3n) is 3.99. The number of nitrogens with zero attached hydrogens (tertiary/aromatic N) is 3. The van der Waals surface area contributed by atoms with Gasteiger partial charge in [0.05, 0.1) is 17.3 Å². The van der Waals surface area contributed by atoms with E-state index in [1.165, 1.54) is 23.5 Å². The fourth-order valence-electron chi connectivity index (χ4n) is 2.50. The monoisotopic (exact) mass is 394 g/mol. The number of aromatic nitrogens is 3. The predicted molar refractivity (Wildman–Crippen MR) is 97.4 cm³/mol. The minimum Gasteiger partial charge on any atom is -0.332 e. The molecule has 0 saturated heterocycles. The van der Waals surface area contributed by atoms with Crippen molar-refractivity contribution in [1.29, 1.82) is 0 Å². The molecule has 0 bridgehead atoms. The number of halogens is 3. The molecular weight excluding hydrogens is 377 g/mol. The van der Waals surface area contributed by atoms with E-state index < -0.39 is 11.7 Å². The molecule has 0 spiro atoms. The average Bonchev–Trinajstić information content (AvgIpc) is 3.24. The molecule has 9 heteroatoms. The second-order valence-electron chi connectivity index (χ2n) is 6.20. The van der Waals surface area contributed by atoms with Crippen molar-refractivity contribution in [1.82, 2.24) is 14.8 Å². The number of carbonyl (C=O) groups excluding carboxylic acids is 1. The first-order chi connectivity index (χ1) is 12.7. The smallest absolute Gasteiger partial charge is 0.332 e. The van der Waals surface area contributed by atoms with Crippen LogP contribution in [0.3, 0.4) is 0 Å². The molecule has 0 aliphatic heterocycles. The Hall–Kier alpha value is -2.68. The zero-order valence-corrected chi connectivity index (χ0v) is 15.4. The van der Waals surface area contributed by atoms with Crippen molar-refractivity contribution in [3.05, 3.63) is 58.9 Å². The van der Waals surface area contributed by atoms with Gasteiger partial charge in [-0.25, -0.2) is 4.98 Å². The Morgan fingerprint density at radius 3 is 2.56 bits per heavy atom. The number of hydrogen-bond acceptors (Lipinski definition) is 5. The van der Waals surface area contributed by atoms with Crippen molar-refractivity contribution in [2.75, 3.05) is 5.32 Å². The van der Waals surface area contributed by atoms with E-state index in [-0.39, 0.29) is 11.7 Å². The molecule has 2 aromatic heterocycles. The predicted octanol–water partition coefficient (Wildman–Crippen LogP) is 5.02. The van der Waals surface area contributed by atoms with E-state index in [4.69, 9.17) is 0 Å². The molecule has 5 nitrogen and oxygen atoms in total. The Kier molecular flexibility index (Phi) is 5.31. The Morgan fingerprint density at radius 2 is 1.96 bits per heavy atom. The highest BCUT2D eigenvalue weighted by molar-refractivity contribution is 7.15. The van der Waals surface area contributed by atoms with Crippen LogP contribution in [-0.4, -0.2) is 20.5 Å². The molecule has 0 aliphatic rings. The first kappa shape index (κ1) is 19.1. The van der Waals surface area contributed by atoms with Gasteiger partial charge in [0.2, 0.25) is 0 Å². The molecule has 0 saturated carbocycles. The van der Waals surface area contributed by atoms with Gasteiger partial charge in [-0.05, 0) is 30.2 Å². The second kappa shape index (κ2) is 7.51. The summed E-state index contributed by atoms with van der Waals surface area (Å²) >= 11 is 1.37. The van der Waals surface area contributed by atoms with E-state index in [0.29, 0.717) is 22.8 Å². The zero-order valence-electron chi connectivity index (χ0n) is 14.6. The number of benzene rings is 1. The van der Waals surface area contributed by atoms with Crippen molar-refractivity contribution in [2.24, 2.45) is 7.05 Å². The molecule has 2 heterocycles. The highest BCUT2D eigenvalue weighted by Crippen LogP contribution is 2.32. The largest absolute Gasteiger partial charge is 0.416 e. The maximum absolute atomic E-state index is 12.6. The Balaban J connectivity index is 1.63. The standard InChI is InChI=1S/C18H17F3N4OS/c1-11(7-15(26)12-8-23-25(2)10-12)16-9-22-17(27-16)24-14-5-3-13(4-6-14)18(19,20)21/h3-6,8-11H,7H2,1-2H3,(H,22,24). The lowest BCUT2D eigenvalue weighted by atomic mass is 10.0. The number of rotatable bonds is 6. The summed E-state index contributed by atoms with van der Waals surface area (Å²) in [5.74, 6) is -0.0281. The summed E-state index contributed by atoms with van der Waals surface area (Å²) in [5, 5.41) is 7.54. The molecule has 142 valence electrons. The lowest BCUT2D eigenvalue weighted by Gasteiger charge is -2.08. The number of thiazole rings is 1. The van der Waals surface area contributed by atoms with Gasteiger partial charge in [0.1, 0.15) is 0 Å². The molecule has 1 N–H and O–H groups in total. The topological polar surface area (TPSA) is 59.8 Å². The molecule has 0 radical (unpaired) electrons. The van der Waals surface area contributed by atoms with Crippen molar-refractivity contribution < 1.29 is 18.0 Å². The van der Waals surface area contributed by atoms with Crippen LogP contribution >= 0.6 is 11.3 Å². The first-order valence-electron chi connectivity index (χ1n) is 8.14. The van der Waals surface area contributed by atoms with E-state index in [2.05, 4.69) is 15.4 Å². The Morgan fingerprint density at radius 1 is 1.26 bits per heavy atom. The Bertz CT molecular complexity index is 931. The van der Waals surface area contributed by atoms with Crippen LogP contribution in [0.2, 0.25) is 0 Å². The number of anilines is 2. The van der Waals surface area contributed by atoms with Crippen LogP contribution in [0.5, 0.6) is 0 Å². The highest BCUT2D eigenvalue weighted by Gasteiger charge is 2.30. The Labute approximate surface area is 157 Å². The van der Waals surface area contributed by atoms with E-state index in [9.17, 15) is 18.0 Å². The molecule has 0 amide bonds. The van der Waals surface area contributed by atoms with Crippen molar-refractivity contribution in [3.8, 4) is 0 Å². The second-order valence-corrected chi connectivity index (χ2v) is 7.26. The normalized spacial score (nSPS) is 12.8. The van der Waals surface area contributed by atoms with Crippen LogP contribution in [0, 0.1) is 0 Å². The average molecular weight is 394 g/mol. The molecule has 3 aromatic rings. The fourth-order valence-corrected chi connectivity index (χ4v) is 3.39. The highest BCUT2D eigenvalue weighted by atomic mass is 32.1. The number of carbonyl (C=O) groups is 1. The molecule has 0 aliphatic carbocycles. The number of alkyl halides is 3. The maximum atomic E-state index is 12.6. The van der Waals surface area contributed by atoms with E-state index in [1.807, 2.05) is 6.92 Å². The van der Waals surface area contributed by atoms with Gasteiger partial charge in [-0.1, -0.05) is 6.92 Å². The van der Waals surface area contributed by atoms with Gasteiger partial charge in [0, 0.05) is 36.4 Å². The number of hydrogen-bond donors (Lipinski definition) is 1. The third kappa shape index (κ3) is 4.73. The SMILES string of the molecule is CC(CC(=O)c1cnn(C)c1)c1cnc(Nc2ccc(C(F)(F)F)cc2)s1. The first-order valence-corrected chi connectivity index (χ1v) is 8.96. The van der Waals surface area contributed by atoms with Crippen LogP contribution in [0.1, 0.15) is 40.1 Å². The van der Waals surface area contributed by atoms with Gasteiger partial charge >= 0.3 is 6.18 Å². The van der Waals surface area contributed by atoms with Crippen LogP contribution in [0.4, 0.5) is 24.0 Å². The van der Waals surface area contributed by atoms with Crippen molar-refractivity contribution in [3.63, 3.8) is 0 Å². The van der Waals surface area contributed by atoms with Gasteiger partial charge in [-0.15, -0.1) is 11.3 Å². The molecule has 27 heavy (non-hydrogen) atoms. The number of aryl methyl sites for hydroxylation is 1. The maximum Gasteiger partial charge on any atom is 0.416 e. The van der Waals surface area contributed by atoms with Gasteiger partial charge in [-0.3, -0.25) is 9.48 Å². The quantitative estimate of drug-likeness (QED) is 0.597. The summed E-state index contributed by atoms with van der Waals surface area (Å²) in [5.41, 5.74) is 0.385. The summed E-state index contributed by atoms with van der Waals surface area (Å²) in [6.07, 6.45) is 0.869. The van der Waals surface area contributed by atoms with Gasteiger partial charge in [-0.2, -0.15) is 18.3 Å². The molecule has 1 aromatic carbocycles. The van der Waals surface area contributed by atoms with Crippen LogP contribution in [0.25, 0.3) is 0 Å². The summed E-state index contributed by atoms with van der Waals surface area (Å²) in [7, 11) is 1.75. The summed E-state index contributed by atoms with van der Waals surface area (Å²) in [6, 6.07) is 4.76. The van der Waals surface area contributed by atoms with E-state index in [0.717, 1.165) is 17.0 Å². The summed E-state index contributed by atoms with van der Waals surface area (Å²) in [6.45, 7) is 1.93. The van der Waals surface area contributed by atoms with Gasteiger partial charge in [0.15, 0.2) is 10.9 Å². The fraction of sp³-hybridized carbons (Fsp3) is 0.278. The van der Waals surface area contributed by atoms with Crippen LogP contribution < -0.4 is 5.32 Å². The van der Waals surface area contributed by atoms with Crippen LogP contribution in [0.15, 0.2) is 42.9 Å². The molecule has 0 fully saturated rings. The van der Waals surface area contributed by atoms with Crippen molar-refractivity contribution >= 4 is 27.9 Å². The summed E-state index contributed by atoms with van der Waals surface area (Å²) in [4.78, 5) is 17.4. The molecule has 1 atom stereocenters. The molecular formula is C18H17F3N4OS. The van der Waals surface area contributed by atoms with Gasteiger partial charge in [0.25, 0.3) is 0 Å². The lowest BCUT2D eigenvalue weighted by Crippen LogP contribution is -2.04. The van der Waals surface area contributed by atoms with Gasteiger partial charge < -0.3 is 5.32 Å². The lowest BCUT2D eigenvalue weighted by molar-refractivity contribution is -0.137.